The van der Waals surface area contributed by atoms with Crippen LogP contribution < -0.4 is 21.1 Å². The van der Waals surface area contributed by atoms with Gasteiger partial charge in [-0.1, -0.05) is 12.1 Å². The first-order valence-corrected chi connectivity index (χ1v) is 7.60. The molecule has 0 radical (unpaired) electrons. The molecular formula is C16H25N3O4. The quantitative estimate of drug-likeness (QED) is 0.530. The number of rotatable bonds is 10. The number of hydrogen-bond donors (Lipinski definition) is 3. The standard InChI is InChI=1S/C16H25N3O4/c1-3-22-6-7-23-14-8-12(2)4-5-13(14)10-18-16(21)11-19-15(20)9-17/h4-5,8H,3,6-7,9-11,17H2,1-2H3,(H,18,21)(H,19,20). The van der Waals surface area contributed by atoms with E-state index in [0.29, 0.717) is 26.4 Å². The third-order valence-corrected chi connectivity index (χ3v) is 3.02. The Kier molecular flexibility index (Phi) is 8.71. The van der Waals surface area contributed by atoms with Crippen molar-refractivity contribution in [3.8, 4) is 5.75 Å². The molecule has 4 N–H and O–H groups in total. The van der Waals surface area contributed by atoms with Crippen LogP contribution in [0.3, 0.4) is 0 Å². The van der Waals surface area contributed by atoms with Gasteiger partial charge in [0.2, 0.25) is 11.8 Å². The lowest BCUT2D eigenvalue weighted by atomic mass is 10.1. The van der Waals surface area contributed by atoms with Crippen LogP contribution in [0.2, 0.25) is 0 Å². The molecule has 7 heteroatoms. The van der Waals surface area contributed by atoms with E-state index in [4.69, 9.17) is 15.2 Å². The molecule has 0 aliphatic carbocycles. The highest BCUT2D eigenvalue weighted by Gasteiger charge is 2.08. The van der Waals surface area contributed by atoms with Gasteiger partial charge < -0.3 is 25.8 Å². The van der Waals surface area contributed by atoms with Gasteiger partial charge in [-0.3, -0.25) is 9.59 Å². The van der Waals surface area contributed by atoms with E-state index in [0.717, 1.165) is 16.9 Å². The van der Waals surface area contributed by atoms with Crippen molar-refractivity contribution in [3.63, 3.8) is 0 Å². The van der Waals surface area contributed by atoms with Crippen LogP contribution in [0.5, 0.6) is 5.75 Å². The molecular weight excluding hydrogens is 298 g/mol. The van der Waals surface area contributed by atoms with Crippen molar-refractivity contribution in [2.45, 2.75) is 20.4 Å². The normalized spacial score (nSPS) is 10.2. The summed E-state index contributed by atoms with van der Waals surface area (Å²) >= 11 is 0. The number of hydrogen-bond acceptors (Lipinski definition) is 5. The van der Waals surface area contributed by atoms with Crippen molar-refractivity contribution in [3.05, 3.63) is 29.3 Å². The molecule has 2 amide bonds. The maximum absolute atomic E-state index is 11.7. The van der Waals surface area contributed by atoms with Crippen molar-refractivity contribution in [1.29, 1.82) is 0 Å². The van der Waals surface area contributed by atoms with E-state index in [1.165, 1.54) is 0 Å². The highest BCUT2D eigenvalue weighted by atomic mass is 16.5. The number of aryl methyl sites for hydroxylation is 1. The Morgan fingerprint density at radius 3 is 2.65 bits per heavy atom. The van der Waals surface area contributed by atoms with Crippen LogP contribution in [0.4, 0.5) is 0 Å². The second-order valence-corrected chi connectivity index (χ2v) is 4.91. The smallest absolute Gasteiger partial charge is 0.239 e. The minimum Gasteiger partial charge on any atom is -0.491 e. The molecule has 1 rings (SSSR count). The third-order valence-electron chi connectivity index (χ3n) is 3.02. The van der Waals surface area contributed by atoms with Crippen molar-refractivity contribution in [2.75, 3.05) is 32.9 Å². The molecule has 1 aromatic rings. The summed E-state index contributed by atoms with van der Waals surface area (Å²) < 4.78 is 10.9. The largest absolute Gasteiger partial charge is 0.491 e. The first kappa shape index (κ1) is 18.9. The molecule has 0 unspecified atom stereocenters. The van der Waals surface area contributed by atoms with Crippen LogP contribution >= 0.6 is 0 Å². The maximum atomic E-state index is 11.7. The Morgan fingerprint density at radius 1 is 1.17 bits per heavy atom. The molecule has 7 nitrogen and oxygen atoms in total. The van der Waals surface area contributed by atoms with Crippen molar-refractivity contribution in [2.24, 2.45) is 5.73 Å². The molecule has 0 heterocycles. The van der Waals surface area contributed by atoms with Gasteiger partial charge in [0.05, 0.1) is 19.7 Å². The predicted octanol–water partition coefficient (Wildman–Crippen LogP) is 0.101. The minimum atomic E-state index is -0.365. The highest BCUT2D eigenvalue weighted by molar-refractivity contribution is 5.85. The Hall–Kier alpha value is -2.12. The number of benzene rings is 1. The fraction of sp³-hybridized carbons (Fsp3) is 0.500. The Labute approximate surface area is 136 Å². The highest BCUT2D eigenvalue weighted by Crippen LogP contribution is 2.20. The maximum Gasteiger partial charge on any atom is 0.239 e. The van der Waals surface area contributed by atoms with Gasteiger partial charge in [0, 0.05) is 18.7 Å². The van der Waals surface area contributed by atoms with Gasteiger partial charge in [0.25, 0.3) is 0 Å². The van der Waals surface area contributed by atoms with E-state index in [9.17, 15) is 9.59 Å². The molecule has 0 aliphatic rings. The zero-order valence-electron chi connectivity index (χ0n) is 13.7. The summed E-state index contributed by atoms with van der Waals surface area (Å²) in [7, 11) is 0. The van der Waals surface area contributed by atoms with Crippen molar-refractivity contribution < 1.29 is 19.1 Å². The Morgan fingerprint density at radius 2 is 1.96 bits per heavy atom. The van der Waals surface area contributed by atoms with Gasteiger partial charge in [-0.05, 0) is 25.5 Å². The van der Waals surface area contributed by atoms with Gasteiger partial charge in [-0.2, -0.15) is 0 Å². The van der Waals surface area contributed by atoms with E-state index in [2.05, 4.69) is 10.6 Å². The predicted molar refractivity (Wildman–Crippen MR) is 87.1 cm³/mol. The van der Waals surface area contributed by atoms with Gasteiger partial charge in [-0.25, -0.2) is 0 Å². The zero-order chi connectivity index (χ0) is 17.1. The topological polar surface area (TPSA) is 103 Å². The molecule has 128 valence electrons. The van der Waals surface area contributed by atoms with Gasteiger partial charge in [0.15, 0.2) is 0 Å². The molecule has 0 saturated heterocycles. The summed E-state index contributed by atoms with van der Waals surface area (Å²) in [5.74, 6) is 0.0686. The summed E-state index contributed by atoms with van der Waals surface area (Å²) in [6.07, 6.45) is 0. The molecule has 23 heavy (non-hydrogen) atoms. The molecule has 0 spiro atoms. The third kappa shape index (κ3) is 7.62. The second-order valence-electron chi connectivity index (χ2n) is 4.91. The van der Waals surface area contributed by atoms with Crippen LogP contribution in [-0.4, -0.2) is 44.7 Å². The summed E-state index contributed by atoms with van der Waals surface area (Å²) in [6, 6.07) is 5.78. The van der Waals surface area contributed by atoms with Crippen molar-refractivity contribution >= 4 is 11.8 Å². The number of ether oxygens (including phenoxy) is 2. The summed E-state index contributed by atoms with van der Waals surface area (Å²) in [5.41, 5.74) is 7.09. The zero-order valence-corrected chi connectivity index (χ0v) is 13.7. The molecule has 0 saturated carbocycles. The average molecular weight is 323 g/mol. The van der Waals surface area contributed by atoms with Gasteiger partial charge in [0.1, 0.15) is 12.4 Å². The van der Waals surface area contributed by atoms with Gasteiger partial charge >= 0.3 is 0 Å². The summed E-state index contributed by atoms with van der Waals surface area (Å²) in [6.45, 7) is 5.60. The van der Waals surface area contributed by atoms with Crippen LogP contribution in [0, 0.1) is 6.92 Å². The fourth-order valence-electron chi connectivity index (χ4n) is 1.80. The van der Waals surface area contributed by atoms with Gasteiger partial charge in [-0.15, -0.1) is 0 Å². The SMILES string of the molecule is CCOCCOc1cc(C)ccc1CNC(=O)CNC(=O)CN. The van der Waals surface area contributed by atoms with Crippen LogP contribution in [0.15, 0.2) is 18.2 Å². The number of nitrogens with one attached hydrogen (secondary N) is 2. The lowest BCUT2D eigenvalue weighted by Crippen LogP contribution is -2.39. The van der Waals surface area contributed by atoms with E-state index < -0.39 is 0 Å². The number of amides is 2. The molecule has 0 bridgehead atoms. The van der Waals surface area contributed by atoms with Crippen LogP contribution in [0.1, 0.15) is 18.1 Å². The molecule has 1 aromatic carbocycles. The Balaban J connectivity index is 2.51. The number of carbonyl (C=O) groups is 2. The lowest BCUT2D eigenvalue weighted by molar-refractivity contribution is -0.125. The van der Waals surface area contributed by atoms with Crippen molar-refractivity contribution in [1.82, 2.24) is 10.6 Å². The Bertz CT molecular complexity index is 520. The minimum absolute atomic E-state index is 0.0948. The molecule has 0 aliphatic heterocycles. The first-order valence-electron chi connectivity index (χ1n) is 7.60. The first-order chi connectivity index (χ1) is 11.1. The number of carbonyl (C=O) groups excluding carboxylic acids is 2. The molecule has 0 fully saturated rings. The molecule has 0 atom stereocenters. The molecule has 0 aromatic heterocycles. The van der Waals surface area contributed by atoms with Crippen LogP contribution in [0.25, 0.3) is 0 Å². The van der Waals surface area contributed by atoms with E-state index >= 15 is 0 Å². The average Bonchev–Trinajstić information content (AvgIpc) is 2.55. The number of nitrogens with two attached hydrogens (primary N) is 1. The monoisotopic (exact) mass is 323 g/mol. The van der Waals surface area contributed by atoms with E-state index in [1.807, 2.05) is 32.0 Å². The van der Waals surface area contributed by atoms with E-state index in [-0.39, 0.29) is 24.9 Å². The lowest BCUT2D eigenvalue weighted by Gasteiger charge is -2.13. The second kappa shape index (κ2) is 10.6. The summed E-state index contributed by atoms with van der Waals surface area (Å²) in [5, 5.41) is 5.15. The summed E-state index contributed by atoms with van der Waals surface area (Å²) in [4.78, 5) is 22.7. The fourth-order valence-corrected chi connectivity index (χ4v) is 1.80. The van der Waals surface area contributed by atoms with E-state index in [1.54, 1.807) is 0 Å². The van der Waals surface area contributed by atoms with Crippen LogP contribution in [-0.2, 0) is 20.9 Å².